The predicted molar refractivity (Wildman–Crippen MR) is 86.4 cm³/mol. The van der Waals surface area contributed by atoms with Crippen LogP contribution in [0.25, 0.3) is 0 Å². The summed E-state index contributed by atoms with van der Waals surface area (Å²) in [7, 11) is 0. The molecule has 25 heavy (non-hydrogen) atoms. The fraction of sp³-hybridized carbons (Fsp3) is 0.312. The number of para-hydroxylation sites is 1. The van der Waals surface area contributed by atoms with Gasteiger partial charge in [-0.1, -0.05) is 17.3 Å². The van der Waals surface area contributed by atoms with E-state index in [2.05, 4.69) is 26.1 Å². The van der Waals surface area contributed by atoms with Crippen LogP contribution in [0.15, 0.2) is 28.8 Å². The number of rotatable bonds is 5. The van der Waals surface area contributed by atoms with E-state index in [1.54, 1.807) is 31.2 Å². The number of hydrogen-bond acceptors (Lipinski definition) is 6. The molecule has 0 spiro atoms. The van der Waals surface area contributed by atoms with Crippen LogP contribution >= 0.6 is 0 Å². The highest BCUT2D eigenvalue weighted by atomic mass is 16.5. The molecular weight excluding hydrogens is 326 g/mol. The Kier molecular flexibility index (Phi) is 4.73. The van der Waals surface area contributed by atoms with Crippen LogP contribution in [0.5, 0.6) is 0 Å². The van der Waals surface area contributed by atoms with Gasteiger partial charge < -0.3 is 20.5 Å². The van der Waals surface area contributed by atoms with Gasteiger partial charge in [-0.05, 0) is 25.5 Å². The summed E-state index contributed by atoms with van der Waals surface area (Å²) in [5, 5.41) is 11.6. The summed E-state index contributed by atoms with van der Waals surface area (Å²) in [5.41, 5.74) is 0.860. The zero-order valence-corrected chi connectivity index (χ0v) is 13.5. The fourth-order valence-electron chi connectivity index (χ4n) is 2.46. The zero-order valence-electron chi connectivity index (χ0n) is 13.5. The molecule has 3 amide bonds. The van der Waals surface area contributed by atoms with Gasteiger partial charge >= 0.3 is 0 Å². The molecule has 0 saturated carbocycles. The standard InChI is InChI=1S/C16H17N5O4/c1-9-18-14(25-21-9)8-17-13(22)7-6-12-16(24)19-11-5-3-2-4-10(11)15(23)20-12/h2-5,12H,6-8H2,1H3,(H,17,22)(H,19,24)(H,20,23)/t12-/m0/s1. The number of nitrogens with zero attached hydrogens (tertiary/aromatic N) is 2. The Morgan fingerprint density at radius 1 is 1.32 bits per heavy atom. The van der Waals surface area contributed by atoms with Crippen molar-refractivity contribution in [2.75, 3.05) is 5.32 Å². The van der Waals surface area contributed by atoms with E-state index in [0.717, 1.165) is 0 Å². The van der Waals surface area contributed by atoms with E-state index < -0.39 is 6.04 Å². The topological polar surface area (TPSA) is 126 Å². The molecule has 130 valence electrons. The summed E-state index contributed by atoms with van der Waals surface area (Å²) in [6.07, 6.45) is 0.252. The van der Waals surface area contributed by atoms with E-state index in [-0.39, 0.29) is 37.1 Å². The number of carbonyl (C=O) groups is 3. The van der Waals surface area contributed by atoms with Gasteiger partial charge in [0.2, 0.25) is 17.7 Å². The second-order valence-corrected chi connectivity index (χ2v) is 5.61. The molecule has 3 N–H and O–H groups in total. The van der Waals surface area contributed by atoms with Gasteiger partial charge in [0.15, 0.2) is 5.82 Å². The Morgan fingerprint density at radius 3 is 2.88 bits per heavy atom. The molecule has 1 aromatic heterocycles. The van der Waals surface area contributed by atoms with Gasteiger partial charge in [-0.2, -0.15) is 4.98 Å². The maximum Gasteiger partial charge on any atom is 0.254 e. The summed E-state index contributed by atoms with van der Waals surface area (Å²) in [5.74, 6) is -0.178. The first-order valence-electron chi connectivity index (χ1n) is 7.79. The number of aromatic nitrogens is 2. The van der Waals surface area contributed by atoms with E-state index >= 15 is 0 Å². The SMILES string of the molecule is Cc1noc(CNC(=O)CC[C@@H]2NC(=O)c3ccccc3NC2=O)n1. The molecule has 0 aliphatic carbocycles. The highest BCUT2D eigenvalue weighted by Gasteiger charge is 2.27. The molecule has 0 bridgehead atoms. The Labute approximate surface area is 143 Å². The molecule has 1 atom stereocenters. The smallest absolute Gasteiger partial charge is 0.254 e. The third kappa shape index (κ3) is 4.00. The van der Waals surface area contributed by atoms with Crippen LogP contribution in [-0.4, -0.2) is 33.9 Å². The number of nitrogens with one attached hydrogen (secondary N) is 3. The minimum Gasteiger partial charge on any atom is -0.347 e. The first-order chi connectivity index (χ1) is 12.0. The van der Waals surface area contributed by atoms with Crippen molar-refractivity contribution in [3.8, 4) is 0 Å². The molecular formula is C16H17N5O4. The van der Waals surface area contributed by atoms with Gasteiger partial charge in [0.1, 0.15) is 6.04 Å². The van der Waals surface area contributed by atoms with Crippen molar-refractivity contribution in [1.82, 2.24) is 20.8 Å². The van der Waals surface area contributed by atoms with E-state index in [9.17, 15) is 14.4 Å². The number of hydrogen-bond donors (Lipinski definition) is 3. The second-order valence-electron chi connectivity index (χ2n) is 5.61. The number of anilines is 1. The number of aryl methyl sites for hydroxylation is 1. The lowest BCUT2D eigenvalue weighted by Gasteiger charge is -2.14. The first-order valence-corrected chi connectivity index (χ1v) is 7.79. The van der Waals surface area contributed by atoms with Crippen molar-refractivity contribution in [1.29, 1.82) is 0 Å². The van der Waals surface area contributed by atoms with Crippen LogP contribution in [-0.2, 0) is 16.1 Å². The largest absolute Gasteiger partial charge is 0.347 e. The lowest BCUT2D eigenvalue weighted by Crippen LogP contribution is -2.42. The fourth-order valence-corrected chi connectivity index (χ4v) is 2.46. The Hall–Kier alpha value is -3.23. The van der Waals surface area contributed by atoms with Crippen molar-refractivity contribution in [3.05, 3.63) is 41.5 Å². The summed E-state index contributed by atoms with van der Waals surface area (Å²) < 4.78 is 4.90. The maximum atomic E-state index is 12.2. The minimum atomic E-state index is -0.781. The average Bonchev–Trinajstić information content (AvgIpc) is 2.97. The lowest BCUT2D eigenvalue weighted by molar-refractivity contribution is -0.122. The van der Waals surface area contributed by atoms with Crippen LogP contribution < -0.4 is 16.0 Å². The molecule has 1 aromatic carbocycles. The van der Waals surface area contributed by atoms with Crippen LogP contribution in [0.1, 0.15) is 34.9 Å². The summed E-state index contributed by atoms with van der Waals surface area (Å²) >= 11 is 0. The summed E-state index contributed by atoms with van der Waals surface area (Å²) in [6.45, 7) is 1.80. The van der Waals surface area contributed by atoms with Gasteiger partial charge in [0, 0.05) is 6.42 Å². The molecule has 1 aliphatic heterocycles. The minimum absolute atomic E-state index is 0.0713. The molecule has 0 unspecified atom stereocenters. The molecule has 0 radical (unpaired) electrons. The quantitative estimate of drug-likeness (QED) is 0.727. The summed E-state index contributed by atoms with van der Waals surface area (Å²) in [6, 6.07) is 5.97. The Morgan fingerprint density at radius 2 is 2.12 bits per heavy atom. The van der Waals surface area contributed by atoms with Gasteiger partial charge in [-0.3, -0.25) is 14.4 Å². The molecule has 9 heteroatoms. The number of carbonyl (C=O) groups excluding carboxylic acids is 3. The van der Waals surface area contributed by atoms with Crippen molar-refractivity contribution in [2.24, 2.45) is 0 Å². The van der Waals surface area contributed by atoms with Crippen LogP contribution in [0, 0.1) is 6.92 Å². The normalized spacial score (nSPS) is 16.4. The van der Waals surface area contributed by atoms with Gasteiger partial charge in [0.05, 0.1) is 17.8 Å². The summed E-state index contributed by atoms with van der Waals surface area (Å²) in [4.78, 5) is 40.3. The highest BCUT2D eigenvalue weighted by molar-refractivity contribution is 6.09. The van der Waals surface area contributed by atoms with Crippen molar-refractivity contribution in [2.45, 2.75) is 32.4 Å². The molecule has 0 saturated heterocycles. The second kappa shape index (κ2) is 7.12. The molecule has 9 nitrogen and oxygen atoms in total. The number of benzene rings is 1. The molecule has 0 fully saturated rings. The van der Waals surface area contributed by atoms with Gasteiger partial charge in [-0.15, -0.1) is 0 Å². The van der Waals surface area contributed by atoms with Crippen molar-refractivity contribution >= 4 is 23.4 Å². The Balaban J connectivity index is 1.53. The van der Waals surface area contributed by atoms with Crippen molar-refractivity contribution < 1.29 is 18.9 Å². The molecule has 3 rings (SSSR count). The lowest BCUT2D eigenvalue weighted by atomic mass is 10.1. The number of fused-ring (bicyclic) bond motifs is 1. The molecule has 2 heterocycles. The average molecular weight is 343 g/mol. The molecule has 2 aromatic rings. The van der Waals surface area contributed by atoms with Crippen LogP contribution in [0.4, 0.5) is 5.69 Å². The first kappa shape index (κ1) is 16.6. The van der Waals surface area contributed by atoms with Crippen LogP contribution in [0.3, 0.4) is 0 Å². The van der Waals surface area contributed by atoms with Crippen LogP contribution in [0.2, 0.25) is 0 Å². The molecule has 1 aliphatic rings. The van der Waals surface area contributed by atoms with Gasteiger partial charge in [-0.25, -0.2) is 0 Å². The third-order valence-corrected chi connectivity index (χ3v) is 3.72. The third-order valence-electron chi connectivity index (χ3n) is 3.72. The maximum absolute atomic E-state index is 12.2. The highest BCUT2D eigenvalue weighted by Crippen LogP contribution is 2.19. The predicted octanol–water partition coefficient (Wildman–Crippen LogP) is 0.525. The zero-order chi connectivity index (χ0) is 17.8. The Bertz CT molecular complexity index is 816. The number of amides is 3. The van der Waals surface area contributed by atoms with E-state index in [1.807, 2.05) is 0 Å². The van der Waals surface area contributed by atoms with Crippen molar-refractivity contribution in [3.63, 3.8) is 0 Å². The monoisotopic (exact) mass is 343 g/mol. The van der Waals surface area contributed by atoms with Gasteiger partial charge in [0.25, 0.3) is 5.91 Å². The van der Waals surface area contributed by atoms with E-state index in [0.29, 0.717) is 23.0 Å². The van der Waals surface area contributed by atoms with E-state index in [1.165, 1.54) is 0 Å². The van der Waals surface area contributed by atoms with E-state index in [4.69, 9.17) is 4.52 Å².